The molecule has 0 saturated heterocycles. The molecule has 0 aliphatic rings. The van der Waals surface area contributed by atoms with Crippen LogP contribution < -0.4 is 10.5 Å². The zero-order valence-corrected chi connectivity index (χ0v) is 11.1. The van der Waals surface area contributed by atoms with E-state index in [-0.39, 0.29) is 0 Å². The predicted octanol–water partition coefficient (Wildman–Crippen LogP) is 2.86. The van der Waals surface area contributed by atoms with Crippen molar-refractivity contribution in [2.24, 2.45) is 0 Å². The second kappa shape index (κ2) is 5.12. The molecule has 0 aliphatic carbocycles. The minimum Gasteiger partial charge on any atom is -0.494 e. The minimum atomic E-state index is 0.642. The van der Waals surface area contributed by atoms with Crippen LogP contribution in [0.15, 0.2) is 24.3 Å². The first kappa shape index (κ1) is 12.5. The van der Waals surface area contributed by atoms with Gasteiger partial charge in [0.15, 0.2) is 0 Å². The molecule has 96 valence electrons. The van der Waals surface area contributed by atoms with Crippen LogP contribution in [0.5, 0.6) is 5.75 Å². The van der Waals surface area contributed by atoms with Crippen LogP contribution in [-0.4, -0.2) is 16.4 Å². The first-order valence-electron chi connectivity index (χ1n) is 6.17. The van der Waals surface area contributed by atoms with Crippen LogP contribution in [-0.2, 0) is 0 Å². The molecule has 0 unspecified atom stereocenters. The molecule has 0 fully saturated rings. The third-order valence-electron chi connectivity index (χ3n) is 2.74. The van der Waals surface area contributed by atoms with E-state index in [1.165, 1.54) is 0 Å². The third-order valence-corrected chi connectivity index (χ3v) is 2.74. The van der Waals surface area contributed by atoms with Crippen LogP contribution >= 0.6 is 0 Å². The average molecular weight is 245 g/mol. The zero-order valence-electron chi connectivity index (χ0n) is 11.1. The highest BCUT2D eigenvalue weighted by molar-refractivity contribution is 5.50. The molecule has 0 aliphatic heterocycles. The number of nitrogens with two attached hydrogens (primary N) is 1. The van der Waals surface area contributed by atoms with Crippen LogP contribution in [0.3, 0.4) is 0 Å². The number of benzene rings is 1. The van der Waals surface area contributed by atoms with Crippen LogP contribution in [0, 0.1) is 13.8 Å². The van der Waals surface area contributed by atoms with Crippen molar-refractivity contribution < 1.29 is 4.74 Å². The highest BCUT2D eigenvalue weighted by Crippen LogP contribution is 2.23. The number of anilines is 1. The maximum absolute atomic E-state index is 5.95. The first-order valence-corrected chi connectivity index (χ1v) is 6.17. The van der Waals surface area contributed by atoms with Gasteiger partial charge in [0.05, 0.1) is 18.0 Å². The molecule has 18 heavy (non-hydrogen) atoms. The van der Waals surface area contributed by atoms with Gasteiger partial charge in [-0.3, -0.25) is 0 Å². The Kier molecular flexibility index (Phi) is 3.55. The van der Waals surface area contributed by atoms with Gasteiger partial charge in [-0.05, 0) is 31.9 Å². The van der Waals surface area contributed by atoms with Gasteiger partial charge in [0.25, 0.3) is 0 Å². The van der Waals surface area contributed by atoms with E-state index < -0.39 is 0 Å². The number of ether oxygens (including phenoxy) is 1. The highest BCUT2D eigenvalue weighted by Gasteiger charge is 2.08. The van der Waals surface area contributed by atoms with Gasteiger partial charge in [0, 0.05) is 12.1 Å². The van der Waals surface area contributed by atoms with Gasteiger partial charge in [0.1, 0.15) is 11.6 Å². The molecule has 0 radical (unpaired) electrons. The summed E-state index contributed by atoms with van der Waals surface area (Å²) >= 11 is 0. The highest BCUT2D eigenvalue weighted by atomic mass is 16.5. The maximum atomic E-state index is 5.95. The Morgan fingerprint density at radius 3 is 2.67 bits per heavy atom. The number of aromatic nitrogens is 2. The molecule has 0 saturated carbocycles. The fourth-order valence-electron chi connectivity index (χ4n) is 1.84. The van der Waals surface area contributed by atoms with Crippen LogP contribution in [0.1, 0.15) is 24.6 Å². The van der Waals surface area contributed by atoms with Gasteiger partial charge in [0.2, 0.25) is 0 Å². The lowest BCUT2D eigenvalue weighted by atomic mass is 10.2. The van der Waals surface area contributed by atoms with Crippen molar-refractivity contribution in [2.75, 3.05) is 12.3 Å². The molecule has 1 aromatic carbocycles. The Morgan fingerprint density at radius 1 is 1.28 bits per heavy atom. The standard InChI is InChI=1S/C14H19N3O/c1-4-7-18-12-6-5-10(2)13(9-12)17-14(15)8-11(3)16-17/h5-6,8-9H,4,7,15H2,1-3H3. The second-order valence-corrected chi connectivity index (χ2v) is 4.42. The fourth-order valence-corrected chi connectivity index (χ4v) is 1.84. The van der Waals surface area contributed by atoms with Gasteiger partial charge in [-0.1, -0.05) is 13.0 Å². The molecule has 2 rings (SSSR count). The number of nitrogen functional groups attached to an aromatic ring is 1. The number of rotatable bonds is 4. The lowest BCUT2D eigenvalue weighted by Crippen LogP contribution is -2.04. The van der Waals surface area contributed by atoms with Gasteiger partial charge >= 0.3 is 0 Å². The topological polar surface area (TPSA) is 53.1 Å². The summed E-state index contributed by atoms with van der Waals surface area (Å²) in [6.07, 6.45) is 0.992. The summed E-state index contributed by atoms with van der Waals surface area (Å²) in [6, 6.07) is 7.84. The summed E-state index contributed by atoms with van der Waals surface area (Å²) in [6.45, 7) is 6.77. The zero-order chi connectivity index (χ0) is 13.1. The fraction of sp³-hybridized carbons (Fsp3) is 0.357. The van der Waals surface area contributed by atoms with Crippen LogP contribution in [0.4, 0.5) is 5.82 Å². The summed E-state index contributed by atoms with van der Waals surface area (Å²) in [5.41, 5.74) is 8.95. The third kappa shape index (κ3) is 2.47. The van der Waals surface area contributed by atoms with E-state index in [4.69, 9.17) is 10.5 Å². The summed E-state index contributed by atoms with van der Waals surface area (Å²) in [7, 11) is 0. The molecule has 2 aromatic rings. The Bertz CT molecular complexity index is 546. The molecule has 1 heterocycles. The molecule has 0 bridgehead atoms. The minimum absolute atomic E-state index is 0.642. The van der Waals surface area contributed by atoms with Crippen molar-refractivity contribution in [3.63, 3.8) is 0 Å². The van der Waals surface area contributed by atoms with Crippen molar-refractivity contribution in [2.45, 2.75) is 27.2 Å². The number of nitrogens with zero attached hydrogens (tertiary/aromatic N) is 2. The van der Waals surface area contributed by atoms with E-state index in [0.717, 1.165) is 35.7 Å². The summed E-state index contributed by atoms with van der Waals surface area (Å²) < 4.78 is 7.39. The lowest BCUT2D eigenvalue weighted by molar-refractivity contribution is 0.317. The Labute approximate surface area is 107 Å². The second-order valence-electron chi connectivity index (χ2n) is 4.42. The molecular formula is C14H19N3O. The average Bonchev–Trinajstić information content (AvgIpc) is 2.67. The van der Waals surface area contributed by atoms with Crippen LogP contribution in [0.2, 0.25) is 0 Å². The van der Waals surface area contributed by atoms with E-state index in [0.29, 0.717) is 5.82 Å². The van der Waals surface area contributed by atoms with E-state index in [1.807, 2.05) is 38.1 Å². The van der Waals surface area contributed by atoms with Crippen molar-refractivity contribution in [3.05, 3.63) is 35.5 Å². The normalized spacial score (nSPS) is 10.6. The first-order chi connectivity index (χ1) is 8.61. The quantitative estimate of drug-likeness (QED) is 0.901. The summed E-state index contributed by atoms with van der Waals surface area (Å²) in [5, 5.41) is 4.40. The largest absolute Gasteiger partial charge is 0.494 e. The van der Waals surface area contributed by atoms with Crippen LogP contribution in [0.25, 0.3) is 5.69 Å². The molecular weight excluding hydrogens is 226 g/mol. The van der Waals surface area contributed by atoms with Gasteiger partial charge in [-0.25, -0.2) is 4.68 Å². The van der Waals surface area contributed by atoms with Gasteiger partial charge in [-0.2, -0.15) is 5.10 Å². The number of aryl methyl sites for hydroxylation is 2. The van der Waals surface area contributed by atoms with E-state index in [1.54, 1.807) is 4.68 Å². The number of hydrogen-bond donors (Lipinski definition) is 1. The smallest absolute Gasteiger partial charge is 0.127 e. The van der Waals surface area contributed by atoms with E-state index >= 15 is 0 Å². The molecule has 0 spiro atoms. The van der Waals surface area contributed by atoms with Gasteiger partial charge < -0.3 is 10.5 Å². The molecule has 0 atom stereocenters. The Balaban J connectivity index is 2.40. The van der Waals surface area contributed by atoms with E-state index in [2.05, 4.69) is 12.0 Å². The predicted molar refractivity (Wildman–Crippen MR) is 73.2 cm³/mol. The monoisotopic (exact) mass is 245 g/mol. The Hall–Kier alpha value is -1.97. The van der Waals surface area contributed by atoms with Crippen molar-refractivity contribution >= 4 is 5.82 Å². The molecule has 2 N–H and O–H groups in total. The molecule has 4 heteroatoms. The molecule has 0 amide bonds. The van der Waals surface area contributed by atoms with E-state index in [9.17, 15) is 0 Å². The Morgan fingerprint density at radius 2 is 2.06 bits per heavy atom. The maximum Gasteiger partial charge on any atom is 0.127 e. The summed E-state index contributed by atoms with van der Waals surface area (Å²) in [4.78, 5) is 0. The molecule has 1 aromatic heterocycles. The molecule has 4 nitrogen and oxygen atoms in total. The number of hydrogen-bond acceptors (Lipinski definition) is 3. The van der Waals surface area contributed by atoms with Crippen molar-refractivity contribution in [3.8, 4) is 11.4 Å². The SMILES string of the molecule is CCCOc1ccc(C)c(-n2nc(C)cc2N)c1. The van der Waals surface area contributed by atoms with Crippen molar-refractivity contribution in [1.29, 1.82) is 0 Å². The van der Waals surface area contributed by atoms with Gasteiger partial charge in [-0.15, -0.1) is 0 Å². The van der Waals surface area contributed by atoms with Crippen molar-refractivity contribution in [1.82, 2.24) is 9.78 Å². The lowest BCUT2D eigenvalue weighted by Gasteiger charge is -2.11. The summed E-state index contributed by atoms with van der Waals surface area (Å²) in [5.74, 6) is 1.49.